The highest BCUT2D eigenvalue weighted by atomic mass is 16.2. The Morgan fingerprint density at radius 3 is 2.53 bits per heavy atom. The van der Waals surface area contributed by atoms with E-state index in [1.807, 2.05) is 20.8 Å². The van der Waals surface area contributed by atoms with Crippen LogP contribution in [0, 0.1) is 12.8 Å². The van der Waals surface area contributed by atoms with Crippen LogP contribution in [0.3, 0.4) is 0 Å². The van der Waals surface area contributed by atoms with Crippen LogP contribution < -0.4 is 16.4 Å². The van der Waals surface area contributed by atoms with Gasteiger partial charge in [0.2, 0.25) is 5.91 Å². The summed E-state index contributed by atoms with van der Waals surface area (Å²) >= 11 is 0. The average molecular weight is 239 g/mol. The van der Waals surface area contributed by atoms with Gasteiger partial charge in [-0.1, -0.05) is 13.8 Å². The van der Waals surface area contributed by atoms with Crippen molar-refractivity contribution >= 4 is 17.8 Å². The molecule has 0 saturated heterocycles. The standard InChI is InChI=1S/C10H17N5O2/c1-5(2)7(13-10(11)17)9(16)14-8-6(3)4-12-15-8/h4-5,7H,1-3H3,(H3,11,13,17)(H2,12,14,15,16). The molecule has 0 saturated carbocycles. The van der Waals surface area contributed by atoms with Crippen LogP contribution in [0.15, 0.2) is 6.20 Å². The van der Waals surface area contributed by atoms with Crippen LogP contribution in [-0.4, -0.2) is 28.2 Å². The zero-order chi connectivity index (χ0) is 13.0. The Kier molecular flexibility index (Phi) is 4.08. The lowest BCUT2D eigenvalue weighted by Crippen LogP contribution is -2.49. The summed E-state index contributed by atoms with van der Waals surface area (Å²) < 4.78 is 0. The number of nitrogens with two attached hydrogens (primary N) is 1. The second kappa shape index (κ2) is 5.33. The molecule has 0 radical (unpaired) electrons. The molecule has 1 aromatic heterocycles. The molecular formula is C10H17N5O2. The number of aryl methyl sites for hydroxylation is 1. The second-order valence-electron chi connectivity index (χ2n) is 4.15. The highest BCUT2D eigenvalue weighted by Gasteiger charge is 2.24. The van der Waals surface area contributed by atoms with Crippen LogP contribution in [0.1, 0.15) is 19.4 Å². The average Bonchev–Trinajstić information content (AvgIpc) is 2.60. The lowest BCUT2D eigenvalue weighted by atomic mass is 10.0. The van der Waals surface area contributed by atoms with Crippen LogP contribution in [-0.2, 0) is 4.79 Å². The molecule has 0 aromatic carbocycles. The largest absolute Gasteiger partial charge is 0.352 e. The first-order chi connectivity index (χ1) is 7.91. The van der Waals surface area contributed by atoms with Crippen molar-refractivity contribution in [3.8, 4) is 0 Å². The molecule has 94 valence electrons. The number of anilines is 1. The number of aromatic nitrogens is 2. The molecule has 0 aliphatic heterocycles. The molecule has 1 atom stereocenters. The number of carbonyl (C=O) groups is 2. The number of hydrogen-bond donors (Lipinski definition) is 4. The first-order valence-electron chi connectivity index (χ1n) is 5.28. The molecule has 1 heterocycles. The lowest BCUT2D eigenvalue weighted by Gasteiger charge is -2.20. The van der Waals surface area contributed by atoms with E-state index >= 15 is 0 Å². The summed E-state index contributed by atoms with van der Waals surface area (Å²) in [6.07, 6.45) is 1.60. The fourth-order valence-corrected chi connectivity index (χ4v) is 1.36. The van der Waals surface area contributed by atoms with Crippen LogP contribution in [0.2, 0.25) is 0 Å². The zero-order valence-electron chi connectivity index (χ0n) is 10.1. The minimum absolute atomic E-state index is 0.0641. The van der Waals surface area contributed by atoms with E-state index in [1.165, 1.54) is 0 Å². The fourth-order valence-electron chi connectivity index (χ4n) is 1.36. The summed E-state index contributed by atoms with van der Waals surface area (Å²) in [7, 11) is 0. The smallest absolute Gasteiger partial charge is 0.312 e. The number of H-pyrrole nitrogens is 1. The molecule has 1 aromatic rings. The minimum atomic E-state index is -0.722. The van der Waals surface area contributed by atoms with E-state index in [9.17, 15) is 9.59 Å². The van der Waals surface area contributed by atoms with E-state index in [1.54, 1.807) is 6.20 Å². The minimum Gasteiger partial charge on any atom is -0.352 e. The zero-order valence-corrected chi connectivity index (χ0v) is 10.1. The summed E-state index contributed by atoms with van der Waals surface area (Å²) in [5.74, 6) is 0.129. The summed E-state index contributed by atoms with van der Waals surface area (Å²) in [6.45, 7) is 5.45. The maximum absolute atomic E-state index is 11.9. The SMILES string of the molecule is Cc1cn[nH]c1NC(=O)C(NC(N)=O)C(C)C. The molecule has 1 rings (SSSR count). The first kappa shape index (κ1) is 13.0. The number of carbonyl (C=O) groups excluding carboxylic acids is 2. The van der Waals surface area contributed by atoms with Crippen molar-refractivity contribution in [1.82, 2.24) is 15.5 Å². The highest BCUT2D eigenvalue weighted by molar-refractivity contribution is 5.96. The predicted molar refractivity (Wildman–Crippen MR) is 63.3 cm³/mol. The Balaban J connectivity index is 2.72. The fraction of sp³-hybridized carbons (Fsp3) is 0.500. The molecule has 0 bridgehead atoms. The topological polar surface area (TPSA) is 113 Å². The van der Waals surface area contributed by atoms with Gasteiger partial charge in [0.15, 0.2) is 0 Å². The van der Waals surface area contributed by atoms with Crippen molar-refractivity contribution in [3.63, 3.8) is 0 Å². The van der Waals surface area contributed by atoms with Crippen LogP contribution in [0.5, 0.6) is 0 Å². The monoisotopic (exact) mass is 239 g/mol. The van der Waals surface area contributed by atoms with Gasteiger partial charge in [0.25, 0.3) is 0 Å². The summed E-state index contributed by atoms with van der Waals surface area (Å²) in [5.41, 5.74) is 5.84. The molecule has 0 spiro atoms. The van der Waals surface area contributed by atoms with Gasteiger partial charge in [-0.3, -0.25) is 9.89 Å². The van der Waals surface area contributed by atoms with Crippen LogP contribution in [0.4, 0.5) is 10.6 Å². The Bertz CT molecular complexity index is 413. The quantitative estimate of drug-likeness (QED) is 0.608. The Labute approximate surface area is 99.1 Å². The predicted octanol–water partition coefficient (Wildman–Crippen LogP) is 0.350. The summed E-state index contributed by atoms with van der Waals surface area (Å²) in [4.78, 5) is 22.7. The van der Waals surface area contributed by atoms with Crippen LogP contribution >= 0.6 is 0 Å². The Morgan fingerprint density at radius 1 is 1.47 bits per heavy atom. The molecule has 5 N–H and O–H groups in total. The Morgan fingerprint density at radius 2 is 2.12 bits per heavy atom. The Hall–Kier alpha value is -2.05. The van der Waals surface area contributed by atoms with Gasteiger partial charge >= 0.3 is 6.03 Å². The number of aromatic amines is 1. The maximum atomic E-state index is 11.9. The molecule has 0 aliphatic carbocycles. The number of hydrogen-bond acceptors (Lipinski definition) is 3. The van der Waals surface area contributed by atoms with Gasteiger partial charge < -0.3 is 16.4 Å². The first-order valence-corrected chi connectivity index (χ1v) is 5.28. The van der Waals surface area contributed by atoms with Crippen molar-refractivity contribution in [3.05, 3.63) is 11.8 Å². The van der Waals surface area contributed by atoms with Gasteiger partial charge in [-0.15, -0.1) is 0 Å². The normalized spacial score (nSPS) is 12.2. The lowest BCUT2D eigenvalue weighted by molar-refractivity contribution is -0.118. The highest BCUT2D eigenvalue weighted by Crippen LogP contribution is 2.10. The van der Waals surface area contributed by atoms with Gasteiger partial charge in [-0.25, -0.2) is 4.79 Å². The van der Waals surface area contributed by atoms with E-state index in [0.29, 0.717) is 5.82 Å². The molecule has 7 heteroatoms. The number of amides is 3. The van der Waals surface area contributed by atoms with E-state index in [4.69, 9.17) is 5.73 Å². The van der Waals surface area contributed by atoms with E-state index in [-0.39, 0.29) is 11.8 Å². The summed E-state index contributed by atoms with van der Waals surface area (Å²) in [5, 5.41) is 11.5. The van der Waals surface area contributed by atoms with Crippen molar-refractivity contribution < 1.29 is 9.59 Å². The van der Waals surface area contributed by atoms with E-state index in [0.717, 1.165) is 5.56 Å². The number of rotatable bonds is 4. The van der Waals surface area contributed by atoms with Gasteiger partial charge in [-0.05, 0) is 12.8 Å². The van der Waals surface area contributed by atoms with Crippen molar-refractivity contribution in [2.45, 2.75) is 26.8 Å². The third kappa shape index (κ3) is 3.47. The molecule has 1 unspecified atom stereocenters. The molecule has 0 aliphatic rings. The van der Waals surface area contributed by atoms with Gasteiger partial charge in [0, 0.05) is 5.56 Å². The second-order valence-corrected chi connectivity index (χ2v) is 4.15. The number of urea groups is 1. The molecule has 3 amide bonds. The maximum Gasteiger partial charge on any atom is 0.312 e. The molecular weight excluding hydrogens is 222 g/mol. The third-order valence-electron chi connectivity index (χ3n) is 2.32. The number of primary amides is 1. The van der Waals surface area contributed by atoms with Gasteiger partial charge in [-0.2, -0.15) is 5.10 Å². The number of nitrogens with one attached hydrogen (secondary N) is 3. The van der Waals surface area contributed by atoms with Crippen LogP contribution in [0.25, 0.3) is 0 Å². The van der Waals surface area contributed by atoms with Crippen molar-refractivity contribution in [1.29, 1.82) is 0 Å². The van der Waals surface area contributed by atoms with Crippen molar-refractivity contribution in [2.75, 3.05) is 5.32 Å². The van der Waals surface area contributed by atoms with Crippen molar-refractivity contribution in [2.24, 2.45) is 11.7 Å². The number of nitrogens with zero attached hydrogens (tertiary/aromatic N) is 1. The molecule has 0 fully saturated rings. The third-order valence-corrected chi connectivity index (χ3v) is 2.32. The van der Waals surface area contributed by atoms with Gasteiger partial charge in [0.1, 0.15) is 11.9 Å². The molecule has 17 heavy (non-hydrogen) atoms. The van der Waals surface area contributed by atoms with E-state index < -0.39 is 12.1 Å². The summed E-state index contributed by atoms with van der Waals surface area (Å²) in [6, 6.07) is -1.39. The van der Waals surface area contributed by atoms with Gasteiger partial charge in [0.05, 0.1) is 6.20 Å². The van der Waals surface area contributed by atoms with E-state index in [2.05, 4.69) is 20.8 Å². The molecule has 7 nitrogen and oxygen atoms in total.